The number of nitrogens with zero attached hydrogens (tertiary/aromatic N) is 2. The van der Waals surface area contributed by atoms with Crippen molar-refractivity contribution in [3.05, 3.63) is 42.6 Å². The highest BCUT2D eigenvalue weighted by Gasteiger charge is 2.19. The Morgan fingerprint density at radius 3 is 2.80 bits per heavy atom. The Morgan fingerprint density at radius 1 is 1.32 bits per heavy atom. The molecule has 25 heavy (non-hydrogen) atoms. The van der Waals surface area contributed by atoms with Gasteiger partial charge in [0, 0.05) is 11.9 Å². The van der Waals surface area contributed by atoms with Crippen LogP contribution < -0.4 is 10.1 Å². The molecule has 0 fully saturated rings. The standard InChI is InChI=1S/C17H18N4O3S/c1-3-23-13-8-6-12(7-9-13)19-15(22)11(2)25-17-21-20-16(24-17)14-5-4-10-18-14/h4-11,18H,3H2,1-2H3,(H,19,22)/t11-/m0/s1. The number of thioether (sulfide) groups is 1. The van der Waals surface area contributed by atoms with E-state index in [1.54, 1.807) is 25.3 Å². The molecule has 0 unspecified atom stereocenters. The molecule has 130 valence electrons. The number of benzene rings is 1. The molecule has 3 aromatic rings. The third-order valence-electron chi connectivity index (χ3n) is 3.31. The molecule has 8 heteroatoms. The lowest BCUT2D eigenvalue weighted by atomic mass is 10.3. The second-order valence-corrected chi connectivity index (χ2v) is 6.46. The van der Waals surface area contributed by atoms with Crippen LogP contribution in [0, 0.1) is 0 Å². The second kappa shape index (κ2) is 7.89. The molecule has 0 radical (unpaired) electrons. The summed E-state index contributed by atoms with van der Waals surface area (Å²) >= 11 is 1.21. The Kier molecular flexibility index (Phi) is 5.39. The summed E-state index contributed by atoms with van der Waals surface area (Å²) in [4.78, 5) is 15.3. The first kappa shape index (κ1) is 17.1. The molecular formula is C17H18N4O3S. The second-order valence-electron chi connectivity index (χ2n) is 5.16. The number of hydrogen-bond acceptors (Lipinski definition) is 6. The summed E-state index contributed by atoms with van der Waals surface area (Å²) < 4.78 is 10.9. The lowest BCUT2D eigenvalue weighted by molar-refractivity contribution is -0.115. The van der Waals surface area contributed by atoms with Gasteiger partial charge in [0.15, 0.2) is 0 Å². The van der Waals surface area contributed by atoms with Crippen molar-refractivity contribution in [1.29, 1.82) is 0 Å². The van der Waals surface area contributed by atoms with Gasteiger partial charge in [-0.1, -0.05) is 11.8 Å². The zero-order valence-electron chi connectivity index (χ0n) is 13.9. The predicted octanol–water partition coefficient (Wildman–Crippen LogP) is 3.58. The molecule has 1 amide bonds. The maximum absolute atomic E-state index is 12.3. The van der Waals surface area contributed by atoms with E-state index in [2.05, 4.69) is 20.5 Å². The highest BCUT2D eigenvalue weighted by atomic mass is 32.2. The van der Waals surface area contributed by atoms with Crippen molar-refractivity contribution in [2.75, 3.05) is 11.9 Å². The fraction of sp³-hybridized carbons (Fsp3) is 0.235. The zero-order valence-corrected chi connectivity index (χ0v) is 14.7. The number of anilines is 1. The third kappa shape index (κ3) is 4.42. The Balaban J connectivity index is 1.57. The molecule has 1 atom stereocenters. The van der Waals surface area contributed by atoms with Gasteiger partial charge in [0.1, 0.15) is 11.4 Å². The van der Waals surface area contributed by atoms with E-state index in [0.29, 0.717) is 23.4 Å². The van der Waals surface area contributed by atoms with Crippen LogP contribution in [0.4, 0.5) is 5.69 Å². The average Bonchev–Trinajstić information content (AvgIpc) is 3.28. The number of aromatic amines is 1. The first-order valence-electron chi connectivity index (χ1n) is 7.83. The summed E-state index contributed by atoms with van der Waals surface area (Å²) in [5.41, 5.74) is 1.45. The van der Waals surface area contributed by atoms with E-state index in [9.17, 15) is 4.79 Å². The molecule has 1 aromatic carbocycles. The normalized spacial score (nSPS) is 11.9. The number of carbonyl (C=O) groups excluding carboxylic acids is 1. The molecule has 2 aromatic heterocycles. The van der Waals surface area contributed by atoms with Gasteiger partial charge in [-0.05, 0) is 50.2 Å². The smallest absolute Gasteiger partial charge is 0.277 e. The van der Waals surface area contributed by atoms with Crippen LogP contribution in [0.25, 0.3) is 11.6 Å². The number of amides is 1. The van der Waals surface area contributed by atoms with Crippen LogP contribution in [0.15, 0.2) is 52.2 Å². The van der Waals surface area contributed by atoms with Crippen LogP contribution in [0.2, 0.25) is 0 Å². The molecule has 0 bridgehead atoms. The number of aromatic nitrogens is 3. The third-order valence-corrected chi connectivity index (χ3v) is 4.25. The molecular weight excluding hydrogens is 340 g/mol. The molecule has 2 heterocycles. The topological polar surface area (TPSA) is 93.0 Å². The number of ether oxygens (including phenoxy) is 1. The van der Waals surface area contributed by atoms with Crippen molar-refractivity contribution in [1.82, 2.24) is 15.2 Å². The fourth-order valence-electron chi connectivity index (χ4n) is 2.08. The van der Waals surface area contributed by atoms with Crippen molar-refractivity contribution in [2.24, 2.45) is 0 Å². The summed E-state index contributed by atoms with van der Waals surface area (Å²) in [5.74, 6) is 1.02. The monoisotopic (exact) mass is 358 g/mol. The largest absolute Gasteiger partial charge is 0.494 e. The Labute approximate surface area is 149 Å². The van der Waals surface area contributed by atoms with E-state index in [4.69, 9.17) is 9.15 Å². The quantitative estimate of drug-likeness (QED) is 0.627. The van der Waals surface area contributed by atoms with Gasteiger partial charge in [0.25, 0.3) is 11.1 Å². The van der Waals surface area contributed by atoms with Crippen LogP contribution in [0.1, 0.15) is 13.8 Å². The summed E-state index contributed by atoms with van der Waals surface area (Å²) in [6, 6.07) is 10.9. The maximum atomic E-state index is 12.3. The zero-order chi connectivity index (χ0) is 17.6. The predicted molar refractivity (Wildman–Crippen MR) is 95.6 cm³/mol. The van der Waals surface area contributed by atoms with Gasteiger partial charge in [0.2, 0.25) is 5.91 Å². The summed E-state index contributed by atoms with van der Waals surface area (Å²) in [7, 11) is 0. The van der Waals surface area contributed by atoms with Gasteiger partial charge < -0.3 is 19.5 Å². The highest BCUT2D eigenvalue weighted by Crippen LogP contribution is 2.26. The van der Waals surface area contributed by atoms with Crippen molar-refractivity contribution in [2.45, 2.75) is 24.3 Å². The van der Waals surface area contributed by atoms with E-state index < -0.39 is 0 Å². The summed E-state index contributed by atoms with van der Waals surface area (Å²) in [6.07, 6.45) is 1.78. The van der Waals surface area contributed by atoms with E-state index in [-0.39, 0.29) is 11.2 Å². The number of H-pyrrole nitrogens is 1. The van der Waals surface area contributed by atoms with Crippen molar-refractivity contribution < 1.29 is 13.9 Å². The minimum atomic E-state index is -0.386. The first-order valence-corrected chi connectivity index (χ1v) is 8.71. The Bertz CT molecular complexity index is 815. The van der Waals surface area contributed by atoms with Gasteiger partial charge in [0.05, 0.1) is 11.9 Å². The van der Waals surface area contributed by atoms with Crippen LogP contribution in [-0.4, -0.2) is 32.9 Å². The van der Waals surface area contributed by atoms with Gasteiger partial charge >= 0.3 is 0 Å². The highest BCUT2D eigenvalue weighted by molar-refractivity contribution is 8.00. The van der Waals surface area contributed by atoms with Crippen LogP contribution >= 0.6 is 11.8 Å². The summed E-state index contributed by atoms with van der Waals surface area (Å²) in [6.45, 7) is 4.31. The maximum Gasteiger partial charge on any atom is 0.277 e. The molecule has 3 rings (SSSR count). The molecule has 0 aliphatic rings. The minimum Gasteiger partial charge on any atom is -0.494 e. The Hall–Kier alpha value is -2.74. The molecule has 0 saturated heterocycles. The number of hydrogen-bond donors (Lipinski definition) is 2. The van der Waals surface area contributed by atoms with E-state index in [1.165, 1.54) is 11.8 Å². The van der Waals surface area contributed by atoms with Crippen LogP contribution in [0.5, 0.6) is 5.75 Å². The summed E-state index contributed by atoms with van der Waals surface area (Å²) in [5, 5.41) is 10.7. The van der Waals surface area contributed by atoms with Crippen molar-refractivity contribution in [3.63, 3.8) is 0 Å². The van der Waals surface area contributed by atoms with E-state index in [1.807, 2.05) is 31.2 Å². The van der Waals surface area contributed by atoms with Crippen LogP contribution in [0.3, 0.4) is 0 Å². The van der Waals surface area contributed by atoms with Gasteiger partial charge in [-0.3, -0.25) is 4.79 Å². The molecule has 0 aliphatic carbocycles. The van der Waals surface area contributed by atoms with Crippen molar-refractivity contribution in [3.8, 4) is 17.3 Å². The van der Waals surface area contributed by atoms with E-state index >= 15 is 0 Å². The molecule has 2 N–H and O–H groups in total. The number of nitrogens with one attached hydrogen (secondary N) is 2. The fourth-order valence-corrected chi connectivity index (χ4v) is 2.76. The molecule has 0 saturated carbocycles. The Morgan fingerprint density at radius 2 is 2.12 bits per heavy atom. The average molecular weight is 358 g/mol. The lowest BCUT2D eigenvalue weighted by Crippen LogP contribution is -2.22. The lowest BCUT2D eigenvalue weighted by Gasteiger charge is -2.10. The van der Waals surface area contributed by atoms with E-state index in [0.717, 1.165) is 11.4 Å². The van der Waals surface area contributed by atoms with Gasteiger partial charge in [-0.2, -0.15) is 0 Å². The molecule has 0 aliphatic heterocycles. The number of rotatable bonds is 7. The minimum absolute atomic E-state index is 0.145. The van der Waals surface area contributed by atoms with Crippen molar-refractivity contribution >= 4 is 23.4 Å². The molecule has 0 spiro atoms. The SMILES string of the molecule is CCOc1ccc(NC(=O)[C@H](C)Sc2nnc(-c3ccc[nH]3)o2)cc1. The first-order chi connectivity index (χ1) is 12.2. The number of carbonyl (C=O) groups is 1. The van der Waals surface area contributed by atoms with Gasteiger partial charge in [-0.15, -0.1) is 10.2 Å². The van der Waals surface area contributed by atoms with Crippen LogP contribution in [-0.2, 0) is 4.79 Å². The molecule has 7 nitrogen and oxygen atoms in total. The van der Waals surface area contributed by atoms with Gasteiger partial charge in [-0.25, -0.2) is 0 Å².